The van der Waals surface area contributed by atoms with E-state index in [4.69, 9.17) is 4.74 Å². The second-order valence-electron chi connectivity index (χ2n) is 6.73. The normalized spacial score (nSPS) is 18.0. The number of nitrogens with zero attached hydrogens (tertiary/aromatic N) is 3. The average molecular weight is 294 g/mol. The molecule has 0 saturated heterocycles. The van der Waals surface area contributed by atoms with E-state index in [9.17, 15) is 4.79 Å². The standard InChI is InChI=1S/C15H26N4O2/c1-10(16-11(2)14(20)21-15(3,4)5)13-18-17-12-8-6-7-9-19(12)13/h10-11,16H,6-9H2,1-5H3/t10-,11-/m1/s1. The molecule has 0 bridgehead atoms. The van der Waals surface area contributed by atoms with Gasteiger partial charge in [-0.1, -0.05) is 0 Å². The highest BCUT2D eigenvalue weighted by atomic mass is 16.6. The van der Waals surface area contributed by atoms with Crippen molar-refractivity contribution in [1.29, 1.82) is 0 Å². The lowest BCUT2D eigenvalue weighted by atomic mass is 10.1. The smallest absolute Gasteiger partial charge is 0.323 e. The summed E-state index contributed by atoms with van der Waals surface area (Å²) in [5.41, 5.74) is -0.468. The van der Waals surface area contributed by atoms with E-state index in [0.717, 1.165) is 31.0 Å². The number of hydrogen-bond donors (Lipinski definition) is 1. The lowest BCUT2D eigenvalue weighted by Gasteiger charge is -2.25. The van der Waals surface area contributed by atoms with E-state index in [1.54, 1.807) is 0 Å². The summed E-state index contributed by atoms with van der Waals surface area (Å²) in [5.74, 6) is 1.71. The predicted molar refractivity (Wildman–Crippen MR) is 79.8 cm³/mol. The molecule has 0 amide bonds. The van der Waals surface area contributed by atoms with Crippen LogP contribution < -0.4 is 5.32 Å². The summed E-state index contributed by atoms with van der Waals surface area (Å²) in [6, 6.07) is -0.414. The average Bonchev–Trinajstić information content (AvgIpc) is 2.80. The van der Waals surface area contributed by atoms with Crippen LogP contribution in [0.4, 0.5) is 0 Å². The summed E-state index contributed by atoms with van der Waals surface area (Å²) >= 11 is 0. The van der Waals surface area contributed by atoms with Crippen molar-refractivity contribution in [3.63, 3.8) is 0 Å². The molecule has 2 heterocycles. The highest BCUT2D eigenvalue weighted by Gasteiger charge is 2.26. The summed E-state index contributed by atoms with van der Waals surface area (Å²) < 4.78 is 7.56. The largest absolute Gasteiger partial charge is 0.459 e. The van der Waals surface area contributed by atoms with Gasteiger partial charge in [0, 0.05) is 13.0 Å². The van der Waals surface area contributed by atoms with E-state index in [0.29, 0.717) is 0 Å². The molecule has 118 valence electrons. The number of esters is 1. The summed E-state index contributed by atoms with van der Waals surface area (Å²) in [7, 11) is 0. The SMILES string of the molecule is C[C@@H](N[C@H](C)c1nnc2n1CCCC2)C(=O)OC(C)(C)C. The Morgan fingerprint density at radius 3 is 2.67 bits per heavy atom. The van der Waals surface area contributed by atoms with E-state index in [-0.39, 0.29) is 18.1 Å². The molecule has 0 aromatic carbocycles. The van der Waals surface area contributed by atoms with Gasteiger partial charge in [-0.15, -0.1) is 10.2 Å². The number of hydrogen-bond acceptors (Lipinski definition) is 5. The molecule has 1 aliphatic rings. The molecule has 1 aliphatic heterocycles. The molecule has 0 aliphatic carbocycles. The van der Waals surface area contributed by atoms with Crippen LogP contribution >= 0.6 is 0 Å². The van der Waals surface area contributed by atoms with Crippen molar-refractivity contribution in [1.82, 2.24) is 20.1 Å². The third-order valence-corrected chi connectivity index (χ3v) is 3.54. The fraction of sp³-hybridized carbons (Fsp3) is 0.800. The topological polar surface area (TPSA) is 69.0 Å². The first-order valence-electron chi connectivity index (χ1n) is 7.69. The Hall–Kier alpha value is -1.43. The van der Waals surface area contributed by atoms with Crippen molar-refractivity contribution in [2.24, 2.45) is 0 Å². The summed E-state index contributed by atoms with van der Waals surface area (Å²) in [4.78, 5) is 12.0. The Balaban J connectivity index is 1.99. The third kappa shape index (κ3) is 4.03. The van der Waals surface area contributed by atoms with Crippen LogP contribution in [0, 0.1) is 0 Å². The maximum atomic E-state index is 12.0. The zero-order valence-corrected chi connectivity index (χ0v) is 13.6. The molecule has 0 unspecified atom stereocenters. The maximum absolute atomic E-state index is 12.0. The van der Waals surface area contributed by atoms with Crippen LogP contribution in [0.3, 0.4) is 0 Å². The van der Waals surface area contributed by atoms with Gasteiger partial charge in [-0.2, -0.15) is 0 Å². The fourth-order valence-electron chi connectivity index (χ4n) is 2.56. The summed E-state index contributed by atoms with van der Waals surface area (Å²) in [6.07, 6.45) is 3.32. The second-order valence-corrected chi connectivity index (χ2v) is 6.73. The molecule has 0 fully saturated rings. The quantitative estimate of drug-likeness (QED) is 0.860. The fourth-order valence-corrected chi connectivity index (χ4v) is 2.56. The van der Waals surface area contributed by atoms with Gasteiger partial charge in [-0.05, 0) is 47.5 Å². The Morgan fingerprint density at radius 1 is 1.29 bits per heavy atom. The molecule has 1 aromatic rings. The summed E-state index contributed by atoms with van der Waals surface area (Å²) in [6.45, 7) is 10.4. The van der Waals surface area contributed by atoms with Gasteiger partial charge in [0.25, 0.3) is 0 Å². The highest BCUT2D eigenvalue weighted by molar-refractivity contribution is 5.75. The monoisotopic (exact) mass is 294 g/mol. The van der Waals surface area contributed by atoms with Gasteiger partial charge in [0.2, 0.25) is 0 Å². The molecule has 0 spiro atoms. The second kappa shape index (κ2) is 6.13. The number of carbonyl (C=O) groups is 1. The van der Waals surface area contributed by atoms with Gasteiger partial charge < -0.3 is 9.30 Å². The number of ether oxygens (including phenoxy) is 1. The van der Waals surface area contributed by atoms with Gasteiger partial charge in [0.15, 0.2) is 0 Å². The molecule has 21 heavy (non-hydrogen) atoms. The van der Waals surface area contributed by atoms with Crippen LogP contribution in [-0.4, -0.2) is 32.4 Å². The highest BCUT2D eigenvalue weighted by Crippen LogP contribution is 2.19. The first-order chi connectivity index (χ1) is 9.78. The Labute approximate surface area is 126 Å². The van der Waals surface area contributed by atoms with Crippen LogP contribution in [0.1, 0.15) is 65.2 Å². The molecule has 6 heteroatoms. The summed E-state index contributed by atoms with van der Waals surface area (Å²) in [5, 5.41) is 11.8. The number of carbonyl (C=O) groups excluding carboxylic acids is 1. The van der Waals surface area contributed by atoms with Gasteiger partial charge >= 0.3 is 5.97 Å². The Kier molecular flexibility index (Phi) is 4.66. The molecule has 2 atom stereocenters. The minimum absolute atomic E-state index is 0.0353. The van der Waals surface area contributed by atoms with Crippen LogP contribution in [0.2, 0.25) is 0 Å². The van der Waals surface area contributed by atoms with Crippen molar-refractivity contribution in [3.05, 3.63) is 11.6 Å². The number of rotatable bonds is 4. The number of aromatic nitrogens is 3. The molecule has 0 radical (unpaired) electrons. The number of nitrogens with one attached hydrogen (secondary N) is 1. The van der Waals surface area contributed by atoms with Crippen molar-refractivity contribution in [2.75, 3.05) is 0 Å². The van der Waals surface area contributed by atoms with Gasteiger partial charge in [0.1, 0.15) is 23.3 Å². The first-order valence-corrected chi connectivity index (χ1v) is 7.69. The van der Waals surface area contributed by atoms with Crippen LogP contribution in [0.15, 0.2) is 0 Å². The number of fused-ring (bicyclic) bond motifs is 1. The Morgan fingerprint density at radius 2 is 2.00 bits per heavy atom. The van der Waals surface area contributed by atoms with Gasteiger partial charge in [-0.3, -0.25) is 10.1 Å². The van der Waals surface area contributed by atoms with E-state index in [2.05, 4.69) is 20.1 Å². The van der Waals surface area contributed by atoms with E-state index >= 15 is 0 Å². The van der Waals surface area contributed by atoms with Crippen LogP contribution in [0.25, 0.3) is 0 Å². The lowest BCUT2D eigenvalue weighted by Crippen LogP contribution is -2.41. The van der Waals surface area contributed by atoms with Crippen LogP contribution in [0.5, 0.6) is 0 Å². The van der Waals surface area contributed by atoms with E-state index < -0.39 is 5.60 Å². The maximum Gasteiger partial charge on any atom is 0.323 e. The molecule has 1 aromatic heterocycles. The molecule has 6 nitrogen and oxygen atoms in total. The minimum Gasteiger partial charge on any atom is -0.459 e. The zero-order valence-electron chi connectivity index (χ0n) is 13.6. The zero-order chi connectivity index (χ0) is 15.6. The van der Waals surface area contributed by atoms with Crippen molar-refractivity contribution >= 4 is 5.97 Å². The van der Waals surface area contributed by atoms with Gasteiger partial charge in [-0.25, -0.2) is 0 Å². The van der Waals surface area contributed by atoms with Crippen LogP contribution in [-0.2, 0) is 22.5 Å². The molecule has 1 N–H and O–H groups in total. The molecule has 2 rings (SSSR count). The number of aryl methyl sites for hydroxylation is 1. The first kappa shape index (κ1) is 15.9. The van der Waals surface area contributed by atoms with Crippen molar-refractivity contribution in [2.45, 2.75) is 78.1 Å². The van der Waals surface area contributed by atoms with Crippen molar-refractivity contribution < 1.29 is 9.53 Å². The Bertz CT molecular complexity index is 504. The molecule has 0 saturated carbocycles. The third-order valence-electron chi connectivity index (χ3n) is 3.54. The predicted octanol–water partition coefficient (Wildman–Crippen LogP) is 2.00. The van der Waals surface area contributed by atoms with Gasteiger partial charge in [0.05, 0.1) is 6.04 Å². The van der Waals surface area contributed by atoms with E-state index in [1.165, 1.54) is 6.42 Å². The minimum atomic E-state index is -0.468. The van der Waals surface area contributed by atoms with Crippen molar-refractivity contribution in [3.8, 4) is 0 Å². The molecular weight excluding hydrogens is 268 g/mol. The molecular formula is C15H26N4O2. The lowest BCUT2D eigenvalue weighted by molar-refractivity contribution is -0.157. The van der Waals surface area contributed by atoms with E-state index in [1.807, 2.05) is 34.6 Å².